The summed E-state index contributed by atoms with van der Waals surface area (Å²) in [6.07, 6.45) is 6.11. The Bertz CT molecular complexity index is 2140. The van der Waals surface area contributed by atoms with E-state index >= 15 is 0 Å². The largest absolute Gasteiger partial charge is 0.453 e. The van der Waals surface area contributed by atoms with E-state index in [1.54, 1.807) is 0 Å². The number of aromatic nitrogens is 1. The standard InChI is InChI=1S/C38H31N3O2/c1-38(2,3)26-17-18-39-32(21-26)31-23-34(37-36-30(31)16-15-25-9-7-14-33(43-37)35(25)36)42-29-13-8-12-28(22-29)41-20-19-40(24-41)27-10-5-4-6-11-27/h4-23H,24H2,1-3H3. The van der Waals surface area contributed by atoms with Gasteiger partial charge in [-0.25, -0.2) is 0 Å². The van der Waals surface area contributed by atoms with Gasteiger partial charge in [0, 0.05) is 52.4 Å². The van der Waals surface area contributed by atoms with Crippen LogP contribution >= 0.6 is 0 Å². The minimum absolute atomic E-state index is 0.00421. The van der Waals surface area contributed by atoms with Crippen LogP contribution < -0.4 is 14.5 Å². The quantitative estimate of drug-likeness (QED) is 0.196. The molecule has 43 heavy (non-hydrogen) atoms. The van der Waals surface area contributed by atoms with Crippen molar-refractivity contribution >= 4 is 44.1 Å². The predicted octanol–water partition coefficient (Wildman–Crippen LogP) is 10.1. The molecule has 1 aliphatic heterocycles. The van der Waals surface area contributed by atoms with Crippen molar-refractivity contribution < 1.29 is 9.15 Å². The third-order valence-corrected chi connectivity index (χ3v) is 8.33. The fraction of sp³-hybridized carbons (Fsp3) is 0.132. The van der Waals surface area contributed by atoms with Gasteiger partial charge in [0.05, 0.1) is 12.4 Å². The monoisotopic (exact) mass is 561 g/mol. The molecule has 0 spiro atoms. The SMILES string of the molecule is CC(C)(C)c1ccnc(-c2cc(Oc3cccc(N4C=CN(c5ccccc5)C4)c3)c3oc4cccc5ccc2c3c54)c1. The summed E-state index contributed by atoms with van der Waals surface area (Å²) < 4.78 is 13.2. The maximum absolute atomic E-state index is 6.70. The third-order valence-electron chi connectivity index (χ3n) is 8.33. The summed E-state index contributed by atoms with van der Waals surface area (Å²) in [5.41, 5.74) is 7.00. The third kappa shape index (κ3) is 4.36. The Labute approximate surface area is 250 Å². The Hall–Kier alpha value is -5.29. The van der Waals surface area contributed by atoms with Gasteiger partial charge in [-0.15, -0.1) is 0 Å². The zero-order chi connectivity index (χ0) is 29.1. The van der Waals surface area contributed by atoms with Gasteiger partial charge in [-0.2, -0.15) is 0 Å². The highest BCUT2D eigenvalue weighted by molar-refractivity contribution is 6.25. The molecule has 0 saturated carbocycles. The van der Waals surface area contributed by atoms with Gasteiger partial charge in [0.2, 0.25) is 0 Å². The minimum Gasteiger partial charge on any atom is -0.453 e. The summed E-state index contributed by atoms with van der Waals surface area (Å²) in [6, 6.07) is 35.6. The maximum Gasteiger partial charge on any atom is 0.178 e. The lowest BCUT2D eigenvalue weighted by Gasteiger charge is -2.22. The first-order valence-corrected chi connectivity index (χ1v) is 14.6. The van der Waals surface area contributed by atoms with Gasteiger partial charge in [-0.05, 0) is 70.3 Å². The van der Waals surface area contributed by atoms with Gasteiger partial charge in [0.25, 0.3) is 0 Å². The number of hydrogen-bond acceptors (Lipinski definition) is 5. The summed E-state index contributed by atoms with van der Waals surface area (Å²) in [5.74, 6) is 1.42. The molecule has 5 aromatic carbocycles. The number of benzene rings is 5. The molecule has 0 fully saturated rings. The second-order valence-corrected chi connectivity index (χ2v) is 12.2. The molecule has 2 aromatic heterocycles. The number of nitrogens with zero attached hydrogens (tertiary/aromatic N) is 3. The average Bonchev–Trinajstić information content (AvgIpc) is 3.68. The first-order chi connectivity index (χ1) is 20.9. The van der Waals surface area contributed by atoms with Crippen LogP contribution in [-0.2, 0) is 5.41 Å². The zero-order valence-electron chi connectivity index (χ0n) is 24.4. The number of furan rings is 1. The van der Waals surface area contributed by atoms with Crippen molar-refractivity contribution in [2.45, 2.75) is 26.2 Å². The lowest BCUT2D eigenvalue weighted by atomic mass is 9.86. The molecule has 8 rings (SSSR count). The lowest BCUT2D eigenvalue weighted by molar-refractivity contribution is 0.477. The molecular formula is C38H31N3O2. The Balaban J connectivity index is 1.23. The minimum atomic E-state index is 0.00421. The van der Waals surface area contributed by atoms with E-state index in [9.17, 15) is 0 Å². The summed E-state index contributed by atoms with van der Waals surface area (Å²) in [6.45, 7) is 7.41. The molecule has 0 saturated heterocycles. The molecule has 0 atom stereocenters. The van der Waals surface area contributed by atoms with Crippen LogP contribution in [0.1, 0.15) is 26.3 Å². The normalized spacial score (nSPS) is 13.7. The number of ether oxygens (including phenoxy) is 1. The van der Waals surface area contributed by atoms with Crippen molar-refractivity contribution in [3.63, 3.8) is 0 Å². The van der Waals surface area contributed by atoms with E-state index in [4.69, 9.17) is 14.1 Å². The summed E-state index contributed by atoms with van der Waals surface area (Å²) in [4.78, 5) is 9.26. The predicted molar refractivity (Wildman–Crippen MR) is 176 cm³/mol. The van der Waals surface area contributed by atoms with E-state index in [0.29, 0.717) is 5.75 Å². The topological polar surface area (TPSA) is 41.7 Å². The Morgan fingerprint density at radius 3 is 2.37 bits per heavy atom. The highest BCUT2D eigenvalue weighted by atomic mass is 16.5. The Morgan fingerprint density at radius 1 is 0.744 bits per heavy atom. The van der Waals surface area contributed by atoms with Crippen molar-refractivity contribution in [3.05, 3.63) is 127 Å². The van der Waals surface area contributed by atoms with Crippen molar-refractivity contribution in [2.24, 2.45) is 0 Å². The van der Waals surface area contributed by atoms with E-state index < -0.39 is 0 Å². The Morgan fingerprint density at radius 2 is 1.53 bits per heavy atom. The zero-order valence-corrected chi connectivity index (χ0v) is 24.4. The number of rotatable bonds is 5. The van der Waals surface area contributed by atoms with Gasteiger partial charge in [-0.1, -0.05) is 69.3 Å². The number of pyridine rings is 1. The van der Waals surface area contributed by atoms with Gasteiger partial charge in [-0.3, -0.25) is 4.98 Å². The first-order valence-electron chi connectivity index (χ1n) is 14.6. The van der Waals surface area contributed by atoms with Gasteiger partial charge in [0.1, 0.15) is 11.3 Å². The molecule has 0 aliphatic carbocycles. The molecule has 0 radical (unpaired) electrons. The van der Waals surface area contributed by atoms with Crippen LogP contribution in [0.3, 0.4) is 0 Å². The molecule has 3 heterocycles. The average molecular weight is 562 g/mol. The van der Waals surface area contributed by atoms with Crippen molar-refractivity contribution in [1.29, 1.82) is 0 Å². The van der Waals surface area contributed by atoms with Crippen LogP contribution in [0.15, 0.2) is 126 Å². The summed E-state index contributed by atoms with van der Waals surface area (Å²) >= 11 is 0. The molecule has 5 nitrogen and oxygen atoms in total. The van der Waals surface area contributed by atoms with Gasteiger partial charge < -0.3 is 19.0 Å². The second kappa shape index (κ2) is 9.63. The van der Waals surface area contributed by atoms with Crippen LogP contribution in [-0.4, -0.2) is 11.7 Å². The van der Waals surface area contributed by atoms with Crippen molar-refractivity contribution in [3.8, 4) is 22.8 Å². The number of para-hydroxylation sites is 1. The fourth-order valence-corrected chi connectivity index (χ4v) is 6.06. The smallest absolute Gasteiger partial charge is 0.178 e. The first kappa shape index (κ1) is 25.4. The highest BCUT2D eigenvalue weighted by Crippen LogP contribution is 2.46. The molecule has 210 valence electrons. The van der Waals surface area contributed by atoms with Crippen LogP contribution in [0, 0.1) is 0 Å². The van der Waals surface area contributed by atoms with E-state index in [-0.39, 0.29) is 5.41 Å². The molecule has 5 heteroatoms. The molecular weight excluding hydrogens is 530 g/mol. The van der Waals surface area contributed by atoms with Crippen molar-refractivity contribution in [1.82, 2.24) is 4.98 Å². The van der Waals surface area contributed by atoms with Gasteiger partial charge in [0.15, 0.2) is 11.3 Å². The molecule has 0 amide bonds. The van der Waals surface area contributed by atoms with Crippen LogP contribution in [0.5, 0.6) is 11.5 Å². The second-order valence-electron chi connectivity index (χ2n) is 12.2. The summed E-state index contributed by atoms with van der Waals surface area (Å²) in [7, 11) is 0. The van der Waals surface area contributed by atoms with Crippen LogP contribution in [0.2, 0.25) is 0 Å². The Kier molecular flexibility index (Phi) is 5.70. The molecule has 1 aliphatic rings. The van der Waals surface area contributed by atoms with Crippen LogP contribution in [0.25, 0.3) is 44.0 Å². The number of anilines is 2. The molecule has 0 N–H and O–H groups in total. The van der Waals surface area contributed by atoms with E-state index in [1.807, 2.05) is 36.5 Å². The molecule has 0 unspecified atom stereocenters. The van der Waals surface area contributed by atoms with E-state index in [2.05, 4.69) is 116 Å². The highest BCUT2D eigenvalue weighted by Gasteiger charge is 2.23. The lowest BCUT2D eigenvalue weighted by Crippen LogP contribution is -2.24. The number of hydrogen-bond donors (Lipinski definition) is 0. The van der Waals surface area contributed by atoms with Crippen LogP contribution in [0.4, 0.5) is 11.4 Å². The van der Waals surface area contributed by atoms with Crippen molar-refractivity contribution in [2.75, 3.05) is 16.5 Å². The molecule has 0 bridgehead atoms. The van der Waals surface area contributed by atoms with E-state index in [0.717, 1.165) is 67.8 Å². The van der Waals surface area contributed by atoms with E-state index in [1.165, 1.54) is 5.56 Å². The van der Waals surface area contributed by atoms with Gasteiger partial charge >= 0.3 is 0 Å². The molecule has 7 aromatic rings. The summed E-state index contributed by atoms with van der Waals surface area (Å²) in [5, 5.41) is 4.44. The fourth-order valence-electron chi connectivity index (χ4n) is 6.06. The maximum atomic E-state index is 6.70.